The maximum Gasteiger partial charge on any atom is 0.302 e. The third-order valence-electron chi connectivity index (χ3n) is 3.15. The van der Waals surface area contributed by atoms with Crippen LogP contribution in [0.2, 0.25) is 0 Å². The molecule has 0 aromatic heterocycles. The molecule has 0 saturated carbocycles. The third kappa shape index (κ3) is 2.24. The lowest BCUT2D eigenvalue weighted by molar-refractivity contribution is -0.422. The van der Waals surface area contributed by atoms with Crippen LogP contribution in [-0.4, -0.2) is 22.9 Å². The Labute approximate surface area is 105 Å². The minimum atomic E-state index is -0.240. The van der Waals surface area contributed by atoms with Crippen molar-refractivity contribution < 1.29 is 4.92 Å². The van der Waals surface area contributed by atoms with Crippen molar-refractivity contribution in [1.82, 2.24) is 4.90 Å². The molecule has 92 valence electrons. The molecule has 0 N–H and O–H groups in total. The highest BCUT2D eigenvalue weighted by Gasteiger charge is 2.35. The Balaban J connectivity index is 2.36. The van der Waals surface area contributed by atoms with Crippen LogP contribution in [0.1, 0.15) is 26.2 Å². The van der Waals surface area contributed by atoms with E-state index < -0.39 is 0 Å². The summed E-state index contributed by atoms with van der Waals surface area (Å²) in [6.07, 6.45) is 2.95. The van der Waals surface area contributed by atoms with Crippen LogP contribution in [-0.2, 0) is 0 Å². The Morgan fingerprint density at radius 1 is 1.47 bits per heavy atom. The van der Waals surface area contributed by atoms with Crippen molar-refractivity contribution >= 4 is 11.8 Å². The van der Waals surface area contributed by atoms with Crippen LogP contribution < -0.4 is 0 Å². The Bertz CT molecular complexity index is 420. The van der Waals surface area contributed by atoms with Gasteiger partial charge in [0.2, 0.25) is 0 Å². The second kappa shape index (κ2) is 4.96. The molecule has 0 atom stereocenters. The summed E-state index contributed by atoms with van der Waals surface area (Å²) in [6, 6.07) is 0. The predicted molar refractivity (Wildman–Crippen MR) is 69.9 cm³/mol. The molecule has 2 aliphatic rings. The summed E-state index contributed by atoms with van der Waals surface area (Å²) in [5.41, 5.74) is 2.27. The lowest BCUT2D eigenvalue weighted by atomic mass is 10.2. The number of nitro groups is 1. The zero-order valence-electron chi connectivity index (χ0n) is 9.94. The van der Waals surface area contributed by atoms with Crippen LogP contribution >= 0.6 is 11.8 Å². The first-order valence-electron chi connectivity index (χ1n) is 5.75. The molecule has 1 saturated heterocycles. The third-order valence-corrected chi connectivity index (χ3v) is 3.94. The lowest BCUT2D eigenvalue weighted by Crippen LogP contribution is -2.22. The van der Waals surface area contributed by atoms with Gasteiger partial charge in [-0.05, 0) is 30.7 Å². The van der Waals surface area contributed by atoms with Crippen LogP contribution in [0.25, 0.3) is 0 Å². The van der Waals surface area contributed by atoms with E-state index in [0.29, 0.717) is 12.1 Å². The van der Waals surface area contributed by atoms with Gasteiger partial charge in [0, 0.05) is 19.5 Å². The number of nitrogens with zero attached hydrogens (tertiary/aromatic N) is 2. The highest BCUT2D eigenvalue weighted by Crippen LogP contribution is 2.41. The molecule has 1 aliphatic heterocycles. The largest absolute Gasteiger partial charge is 0.366 e. The molecule has 1 fully saturated rings. The number of rotatable bonds is 4. The molecule has 0 radical (unpaired) electrons. The quantitative estimate of drug-likeness (QED) is 0.569. The maximum atomic E-state index is 11.2. The molecule has 17 heavy (non-hydrogen) atoms. The molecule has 1 heterocycles. The molecule has 0 amide bonds. The van der Waals surface area contributed by atoms with Crippen molar-refractivity contribution in [2.24, 2.45) is 0 Å². The van der Waals surface area contributed by atoms with Gasteiger partial charge in [0.25, 0.3) is 0 Å². The van der Waals surface area contributed by atoms with E-state index >= 15 is 0 Å². The first kappa shape index (κ1) is 12.2. The molecule has 0 aromatic rings. The normalized spacial score (nSPS) is 20.4. The summed E-state index contributed by atoms with van der Waals surface area (Å²) < 4.78 is 0. The average Bonchev–Trinajstić information content (AvgIpc) is 2.85. The van der Waals surface area contributed by atoms with Gasteiger partial charge in [-0.25, -0.2) is 0 Å². The van der Waals surface area contributed by atoms with Gasteiger partial charge in [-0.1, -0.05) is 18.3 Å². The van der Waals surface area contributed by atoms with Crippen LogP contribution in [0.5, 0.6) is 0 Å². The molecular formula is C12H16N2O2S. The van der Waals surface area contributed by atoms with Gasteiger partial charge < -0.3 is 4.90 Å². The first-order valence-corrected chi connectivity index (χ1v) is 6.63. The minimum absolute atomic E-state index is 0.240. The van der Waals surface area contributed by atoms with Crippen molar-refractivity contribution in [2.45, 2.75) is 26.2 Å². The fourth-order valence-electron chi connectivity index (χ4n) is 2.49. The van der Waals surface area contributed by atoms with Crippen molar-refractivity contribution in [2.75, 3.05) is 13.1 Å². The molecular weight excluding hydrogens is 236 g/mol. The van der Waals surface area contributed by atoms with Crippen molar-refractivity contribution in [3.05, 3.63) is 44.0 Å². The van der Waals surface area contributed by atoms with Crippen LogP contribution in [0.3, 0.4) is 0 Å². The average molecular weight is 252 g/mol. The summed E-state index contributed by atoms with van der Waals surface area (Å²) in [5.74, 6) is 0. The van der Waals surface area contributed by atoms with Crippen LogP contribution in [0.4, 0.5) is 0 Å². The monoisotopic (exact) mass is 252 g/mol. The summed E-state index contributed by atoms with van der Waals surface area (Å²) in [4.78, 5) is 14.0. The van der Waals surface area contributed by atoms with E-state index in [2.05, 4.69) is 11.5 Å². The van der Waals surface area contributed by atoms with Gasteiger partial charge >= 0.3 is 5.70 Å². The highest BCUT2D eigenvalue weighted by molar-refractivity contribution is 8.05. The van der Waals surface area contributed by atoms with Gasteiger partial charge in [-0.3, -0.25) is 10.1 Å². The SMILES string of the molecule is C=CSC1=C([N+](=O)[O-])C(N2CCCC2)=C(C)C1. The van der Waals surface area contributed by atoms with Gasteiger partial charge in [0.1, 0.15) is 5.70 Å². The zero-order chi connectivity index (χ0) is 12.4. The fraction of sp³-hybridized carbons (Fsp3) is 0.500. The lowest BCUT2D eigenvalue weighted by Gasteiger charge is -2.18. The van der Waals surface area contributed by atoms with E-state index in [-0.39, 0.29) is 4.92 Å². The summed E-state index contributed by atoms with van der Waals surface area (Å²) >= 11 is 1.38. The molecule has 5 heteroatoms. The van der Waals surface area contributed by atoms with Gasteiger partial charge in [0.05, 0.1) is 9.83 Å². The molecule has 0 unspecified atom stereocenters. The van der Waals surface area contributed by atoms with Crippen LogP contribution in [0.15, 0.2) is 33.9 Å². The summed E-state index contributed by atoms with van der Waals surface area (Å²) in [6.45, 7) is 7.51. The first-order chi connectivity index (χ1) is 8.15. The fourth-order valence-corrected chi connectivity index (χ4v) is 3.27. The standard InChI is InChI=1S/C12H16N2O2S/c1-3-17-10-8-9(2)11(12(10)14(15)16)13-6-4-5-7-13/h3H,1,4-8H2,2H3. The Morgan fingerprint density at radius 2 is 2.12 bits per heavy atom. The number of hydrogen-bond acceptors (Lipinski definition) is 4. The Kier molecular flexibility index (Phi) is 3.57. The number of thioether (sulfide) groups is 1. The van der Waals surface area contributed by atoms with Crippen molar-refractivity contribution in [1.29, 1.82) is 0 Å². The van der Waals surface area contributed by atoms with E-state index in [4.69, 9.17) is 0 Å². The maximum absolute atomic E-state index is 11.2. The molecule has 2 rings (SSSR count). The van der Waals surface area contributed by atoms with E-state index in [1.54, 1.807) is 5.41 Å². The van der Waals surface area contributed by atoms with E-state index in [9.17, 15) is 10.1 Å². The number of likely N-dealkylation sites (tertiary alicyclic amines) is 1. The smallest absolute Gasteiger partial charge is 0.302 e. The topological polar surface area (TPSA) is 46.4 Å². The van der Waals surface area contributed by atoms with Gasteiger partial charge in [-0.15, -0.1) is 0 Å². The Morgan fingerprint density at radius 3 is 2.65 bits per heavy atom. The molecule has 0 spiro atoms. The highest BCUT2D eigenvalue weighted by atomic mass is 32.2. The summed E-state index contributed by atoms with van der Waals surface area (Å²) in [5, 5.41) is 12.9. The zero-order valence-corrected chi connectivity index (χ0v) is 10.8. The molecule has 0 bridgehead atoms. The number of allylic oxidation sites excluding steroid dienone is 2. The summed E-state index contributed by atoms with van der Waals surface area (Å²) in [7, 11) is 0. The van der Waals surface area contributed by atoms with E-state index in [1.165, 1.54) is 11.8 Å². The number of hydrogen-bond donors (Lipinski definition) is 0. The van der Waals surface area contributed by atoms with Crippen molar-refractivity contribution in [3.8, 4) is 0 Å². The molecule has 1 aliphatic carbocycles. The molecule has 4 nitrogen and oxygen atoms in total. The second-order valence-electron chi connectivity index (χ2n) is 4.31. The van der Waals surface area contributed by atoms with Gasteiger partial charge in [-0.2, -0.15) is 0 Å². The predicted octanol–water partition coefficient (Wildman–Crippen LogP) is 3.12. The van der Waals surface area contributed by atoms with E-state index in [1.807, 2.05) is 6.92 Å². The Hall–Kier alpha value is -1.23. The van der Waals surface area contributed by atoms with Gasteiger partial charge in [0.15, 0.2) is 0 Å². The van der Waals surface area contributed by atoms with E-state index in [0.717, 1.165) is 42.1 Å². The second-order valence-corrected chi connectivity index (χ2v) is 5.38. The van der Waals surface area contributed by atoms with Crippen molar-refractivity contribution in [3.63, 3.8) is 0 Å². The van der Waals surface area contributed by atoms with Crippen LogP contribution in [0, 0.1) is 10.1 Å². The molecule has 0 aromatic carbocycles. The minimum Gasteiger partial charge on any atom is -0.366 e.